The molecule has 0 aromatic carbocycles. The Morgan fingerprint density at radius 2 is 1.74 bits per heavy atom. The molecule has 23 heavy (non-hydrogen) atoms. The van der Waals surface area contributed by atoms with Crippen molar-refractivity contribution in [2.75, 3.05) is 7.05 Å². The molecule has 4 aliphatic carbocycles. The van der Waals surface area contributed by atoms with E-state index in [2.05, 4.69) is 5.10 Å². The largest absolute Gasteiger partial charge is 0.271 e. The molecule has 4 fully saturated rings. The summed E-state index contributed by atoms with van der Waals surface area (Å²) in [4.78, 5) is 0.387. The van der Waals surface area contributed by atoms with Crippen LogP contribution in [0.3, 0.4) is 0 Å². The van der Waals surface area contributed by atoms with Crippen LogP contribution in [0.1, 0.15) is 51.1 Å². The molecule has 0 spiro atoms. The van der Waals surface area contributed by atoms with Gasteiger partial charge in [-0.3, -0.25) is 4.68 Å². The van der Waals surface area contributed by atoms with Crippen LogP contribution in [0, 0.1) is 24.7 Å². The van der Waals surface area contributed by atoms with E-state index in [4.69, 9.17) is 0 Å². The van der Waals surface area contributed by atoms with E-state index in [-0.39, 0.29) is 5.54 Å². The van der Waals surface area contributed by atoms with Gasteiger partial charge in [-0.25, -0.2) is 8.42 Å². The van der Waals surface area contributed by atoms with Crippen molar-refractivity contribution >= 4 is 10.0 Å². The van der Waals surface area contributed by atoms with Crippen molar-refractivity contribution < 1.29 is 8.42 Å². The molecule has 0 radical (unpaired) electrons. The summed E-state index contributed by atoms with van der Waals surface area (Å²) in [5.41, 5.74) is 0.470. The lowest BCUT2D eigenvalue weighted by Crippen LogP contribution is -2.60. The van der Waals surface area contributed by atoms with Crippen LogP contribution in [0.4, 0.5) is 0 Å². The van der Waals surface area contributed by atoms with Crippen molar-refractivity contribution in [3.05, 3.63) is 11.9 Å². The predicted molar refractivity (Wildman–Crippen MR) is 88.5 cm³/mol. The van der Waals surface area contributed by atoms with Crippen LogP contribution < -0.4 is 0 Å². The molecule has 128 valence electrons. The Bertz CT molecular complexity index is 687. The molecule has 1 aromatic rings. The molecule has 5 nitrogen and oxygen atoms in total. The highest BCUT2D eigenvalue weighted by Gasteiger charge is 2.55. The predicted octanol–water partition coefficient (Wildman–Crippen LogP) is 2.80. The maximum atomic E-state index is 13.3. The molecule has 0 amide bonds. The monoisotopic (exact) mass is 337 g/mol. The van der Waals surface area contributed by atoms with Crippen molar-refractivity contribution in [1.29, 1.82) is 0 Å². The maximum absolute atomic E-state index is 13.3. The van der Waals surface area contributed by atoms with Gasteiger partial charge >= 0.3 is 0 Å². The fourth-order valence-electron chi connectivity index (χ4n) is 5.77. The minimum absolute atomic E-state index is 0.145. The molecule has 0 aliphatic heterocycles. The molecule has 4 bridgehead atoms. The summed E-state index contributed by atoms with van der Waals surface area (Å²) in [6.45, 7) is 4.47. The summed E-state index contributed by atoms with van der Waals surface area (Å²) in [7, 11) is -1.66. The summed E-state index contributed by atoms with van der Waals surface area (Å²) >= 11 is 0. The summed E-state index contributed by atoms with van der Waals surface area (Å²) in [6.07, 6.45) is 8.81. The highest BCUT2D eigenvalue weighted by atomic mass is 32.2. The zero-order valence-electron chi connectivity index (χ0n) is 14.3. The first-order valence-electron chi connectivity index (χ1n) is 8.87. The first kappa shape index (κ1) is 15.6. The zero-order chi connectivity index (χ0) is 16.4. The van der Waals surface area contributed by atoms with Gasteiger partial charge in [0.1, 0.15) is 4.90 Å². The number of rotatable bonds is 4. The van der Waals surface area contributed by atoms with E-state index in [0.29, 0.717) is 17.1 Å². The number of sulfonamides is 1. The molecule has 1 aromatic heterocycles. The van der Waals surface area contributed by atoms with Crippen molar-refractivity contribution in [2.45, 2.75) is 69.4 Å². The second kappa shape index (κ2) is 5.06. The molecular weight excluding hydrogens is 310 g/mol. The molecule has 1 heterocycles. The Morgan fingerprint density at radius 1 is 1.22 bits per heavy atom. The van der Waals surface area contributed by atoms with E-state index in [1.807, 2.05) is 14.0 Å². The van der Waals surface area contributed by atoms with Gasteiger partial charge in [0, 0.05) is 25.3 Å². The molecule has 4 aliphatic rings. The van der Waals surface area contributed by atoms with Crippen LogP contribution >= 0.6 is 0 Å². The van der Waals surface area contributed by atoms with Gasteiger partial charge in [-0.05, 0) is 70.1 Å². The van der Waals surface area contributed by atoms with Crippen molar-refractivity contribution in [3.63, 3.8) is 0 Å². The number of aryl methyl sites for hydroxylation is 2. The van der Waals surface area contributed by atoms with Crippen LogP contribution in [0.5, 0.6) is 0 Å². The third-order valence-corrected chi connectivity index (χ3v) is 8.60. The minimum Gasteiger partial charge on any atom is -0.271 e. The average molecular weight is 337 g/mol. The van der Waals surface area contributed by atoms with E-state index in [1.54, 1.807) is 22.1 Å². The van der Waals surface area contributed by atoms with Gasteiger partial charge in [-0.2, -0.15) is 9.40 Å². The first-order chi connectivity index (χ1) is 10.8. The molecule has 0 atom stereocenters. The number of hydrogen-bond acceptors (Lipinski definition) is 3. The van der Waals surface area contributed by atoms with E-state index < -0.39 is 10.0 Å². The summed E-state index contributed by atoms with van der Waals surface area (Å²) in [6, 6.07) is 0. The van der Waals surface area contributed by atoms with Gasteiger partial charge in [0.2, 0.25) is 10.0 Å². The summed E-state index contributed by atoms with van der Waals surface area (Å²) in [5, 5.41) is 4.33. The molecule has 0 N–H and O–H groups in total. The van der Waals surface area contributed by atoms with Crippen LogP contribution in [-0.2, 0) is 16.6 Å². The topological polar surface area (TPSA) is 55.2 Å². The maximum Gasteiger partial charge on any atom is 0.246 e. The van der Waals surface area contributed by atoms with Gasteiger partial charge in [-0.15, -0.1) is 0 Å². The Labute approximate surface area is 139 Å². The lowest BCUT2D eigenvalue weighted by Gasteiger charge is -2.59. The smallest absolute Gasteiger partial charge is 0.246 e. The fourth-order valence-corrected chi connectivity index (χ4v) is 7.47. The highest BCUT2D eigenvalue weighted by molar-refractivity contribution is 7.89. The lowest BCUT2D eigenvalue weighted by molar-refractivity contribution is -0.0495. The molecule has 0 saturated heterocycles. The summed E-state index contributed by atoms with van der Waals surface area (Å²) in [5.74, 6) is 2.20. The molecule has 0 unspecified atom stereocenters. The third kappa shape index (κ3) is 2.29. The second-order valence-corrected chi connectivity index (χ2v) is 9.99. The summed E-state index contributed by atoms with van der Waals surface area (Å²) < 4.78 is 30.0. The lowest BCUT2D eigenvalue weighted by atomic mass is 9.53. The zero-order valence-corrected chi connectivity index (χ0v) is 15.1. The van der Waals surface area contributed by atoms with Gasteiger partial charge in [0.05, 0.1) is 5.69 Å². The highest BCUT2D eigenvalue weighted by Crippen LogP contribution is 2.58. The minimum atomic E-state index is -3.47. The molecule has 4 saturated carbocycles. The quantitative estimate of drug-likeness (QED) is 0.849. The van der Waals surface area contributed by atoms with Crippen LogP contribution in [0.2, 0.25) is 0 Å². The van der Waals surface area contributed by atoms with Gasteiger partial charge in [-0.1, -0.05) is 0 Å². The van der Waals surface area contributed by atoms with Crippen molar-refractivity contribution in [2.24, 2.45) is 17.8 Å². The molecule has 6 heteroatoms. The number of hydrogen-bond donors (Lipinski definition) is 0. The van der Waals surface area contributed by atoms with Crippen LogP contribution in [-0.4, -0.2) is 35.1 Å². The SMILES string of the molecule is CCn1cc(S(=O)(=O)N(C)C23CC4CC(CC(C4)C2)C3)c(C)n1. The number of aromatic nitrogens is 2. The average Bonchev–Trinajstić information content (AvgIpc) is 2.87. The molecule has 5 rings (SSSR count). The van der Waals surface area contributed by atoms with Crippen LogP contribution in [0.15, 0.2) is 11.1 Å². The van der Waals surface area contributed by atoms with Crippen LogP contribution in [0.25, 0.3) is 0 Å². The van der Waals surface area contributed by atoms with E-state index >= 15 is 0 Å². The van der Waals surface area contributed by atoms with E-state index in [0.717, 1.165) is 37.0 Å². The van der Waals surface area contributed by atoms with Gasteiger partial charge in [0.15, 0.2) is 0 Å². The fraction of sp³-hybridized carbons (Fsp3) is 0.824. The Hall–Kier alpha value is -0.880. The Morgan fingerprint density at radius 3 is 2.17 bits per heavy atom. The van der Waals surface area contributed by atoms with E-state index in [1.165, 1.54) is 19.3 Å². The second-order valence-electron chi connectivity index (χ2n) is 8.05. The van der Waals surface area contributed by atoms with E-state index in [9.17, 15) is 8.42 Å². The first-order valence-corrected chi connectivity index (χ1v) is 10.3. The van der Waals surface area contributed by atoms with Crippen molar-refractivity contribution in [1.82, 2.24) is 14.1 Å². The normalized spacial score (nSPS) is 36.1. The number of nitrogens with zero attached hydrogens (tertiary/aromatic N) is 3. The van der Waals surface area contributed by atoms with Gasteiger partial charge in [0.25, 0.3) is 0 Å². The standard InChI is InChI=1S/C17H27N3O2S/c1-4-20-11-16(12(2)18-20)23(21,22)19(3)17-8-13-5-14(9-17)7-15(6-13)10-17/h11,13-15H,4-10H2,1-3H3. The third-order valence-electron chi connectivity index (χ3n) is 6.54. The Balaban J connectivity index is 1.70. The Kier molecular flexibility index (Phi) is 3.44. The van der Waals surface area contributed by atoms with Gasteiger partial charge < -0.3 is 0 Å². The van der Waals surface area contributed by atoms with Crippen molar-refractivity contribution in [3.8, 4) is 0 Å². The molecular formula is C17H27N3O2S.